The number of rotatable bonds is 1. The highest BCUT2D eigenvalue weighted by Crippen LogP contribution is 2.28. The largest absolute Gasteiger partial charge is 0.295 e. The fourth-order valence-corrected chi connectivity index (χ4v) is 1.99. The number of carbonyl (C=O) groups is 1. The summed E-state index contributed by atoms with van der Waals surface area (Å²) in [6, 6.07) is 0. The molecule has 1 rings (SSSR count). The van der Waals surface area contributed by atoms with Gasteiger partial charge in [0.2, 0.25) is 0 Å². The third kappa shape index (κ3) is 1.69. The third-order valence-corrected chi connectivity index (χ3v) is 2.70. The van der Waals surface area contributed by atoms with Crippen molar-refractivity contribution in [3.8, 4) is 0 Å². The minimum absolute atomic E-state index is 0.228. The first kappa shape index (κ1) is 7.99. The second kappa shape index (κ2) is 3.33. The van der Waals surface area contributed by atoms with Gasteiger partial charge >= 0.3 is 0 Å². The van der Waals surface area contributed by atoms with E-state index >= 15 is 0 Å². The Morgan fingerprint density at radius 2 is 2.00 bits per heavy atom. The Kier molecular flexibility index (Phi) is 2.66. The van der Waals surface area contributed by atoms with E-state index in [0.717, 1.165) is 22.9 Å². The van der Waals surface area contributed by atoms with E-state index in [4.69, 9.17) is 0 Å². The summed E-state index contributed by atoms with van der Waals surface area (Å²) in [6.45, 7) is 1.64. The van der Waals surface area contributed by atoms with Crippen LogP contribution in [-0.2, 0) is 4.79 Å². The average molecular weight is 203 g/mol. The number of hydrogen-bond donors (Lipinski definition) is 0. The van der Waals surface area contributed by atoms with Gasteiger partial charge in [-0.25, -0.2) is 0 Å². The summed E-state index contributed by atoms with van der Waals surface area (Å²) in [7, 11) is 0. The van der Waals surface area contributed by atoms with Crippen LogP contribution in [0.3, 0.4) is 0 Å². The Balaban J connectivity index is 2.78. The van der Waals surface area contributed by atoms with Crippen LogP contribution in [0.1, 0.15) is 32.6 Å². The molecule has 2 heteroatoms. The van der Waals surface area contributed by atoms with Crippen molar-refractivity contribution < 1.29 is 4.79 Å². The van der Waals surface area contributed by atoms with Gasteiger partial charge in [-0.2, -0.15) is 0 Å². The third-order valence-electron chi connectivity index (χ3n) is 1.83. The second-order valence-electron chi connectivity index (χ2n) is 2.65. The maximum atomic E-state index is 10.9. The predicted octanol–water partition coefficient (Wildman–Crippen LogP) is 2.80. The van der Waals surface area contributed by atoms with Crippen molar-refractivity contribution in [1.82, 2.24) is 0 Å². The molecule has 0 saturated carbocycles. The Hall–Kier alpha value is -0.110. The normalized spacial score (nSPS) is 19.4. The van der Waals surface area contributed by atoms with E-state index in [1.165, 1.54) is 12.8 Å². The molecule has 0 aromatic heterocycles. The van der Waals surface area contributed by atoms with Gasteiger partial charge in [-0.05, 0) is 32.6 Å². The quantitative estimate of drug-likeness (QED) is 0.640. The summed E-state index contributed by atoms with van der Waals surface area (Å²) in [5.74, 6) is 0.228. The average Bonchev–Trinajstić information content (AvgIpc) is 1.88. The van der Waals surface area contributed by atoms with Crippen molar-refractivity contribution in [2.24, 2.45) is 0 Å². The van der Waals surface area contributed by atoms with Crippen LogP contribution in [-0.4, -0.2) is 5.78 Å². The fraction of sp³-hybridized carbons (Fsp3) is 0.625. The molecule has 0 heterocycles. The molecule has 1 aliphatic carbocycles. The number of carbonyl (C=O) groups excluding carboxylic acids is 1. The minimum Gasteiger partial charge on any atom is -0.295 e. The zero-order valence-corrected chi connectivity index (χ0v) is 7.70. The van der Waals surface area contributed by atoms with Gasteiger partial charge in [0.05, 0.1) is 0 Å². The van der Waals surface area contributed by atoms with Crippen LogP contribution in [0.25, 0.3) is 0 Å². The van der Waals surface area contributed by atoms with Crippen molar-refractivity contribution in [2.75, 3.05) is 0 Å². The molecule has 56 valence electrons. The number of ketones is 1. The lowest BCUT2D eigenvalue weighted by Gasteiger charge is -2.12. The molecule has 0 spiro atoms. The van der Waals surface area contributed by atoms with Gasteiger partial charge in [0.1, 0.15) is 0 Å². The molecule has 0 aromatic rings. The van der Waals surface area contributed by atoms with E-state index in [2.05, 4.69) is 15.9 Å². The van der Waals surface area contributed by atoms with Crippen LogP contribution in [0.15, 0.2) is 10.1 Å². The summed E-state index contributed by atoms with van der Waals surface area (Å²) in [5, 5.41) is 0. The summed E-state index contributed by atoms with van der Waals surface area (Å²) in [5.41, 5.74) is 1.01. The van der Waals surface area contributed by atoms with Crippen molar-refractivity contribution in [3.05, 3.63) is 10.1 Å². The molecular formula is C8H11BrO. The van der Waals surface area contributed by atoms with Gasteiger partial charge in [0, 0.05) is 10.1 Å². The Morgan fingerprint density at radius 1 is 1.40 bits per heavy atom. The molecule has 10 heavy (non-hydrogen) atoms. The molecule has 0 aromatic carbocycles. The number of allylic oxidation sites excluding steroid dienone is 2. The Labute approximate surface area is 69.6 Å². The molecule has 0 radical (unpaired) electrons. The molecule has 0 N–H and O–H groups in total. The summed E-state index contributed by atoms with van der Waals surface area (Å²) in [6.07, 6.45) is 4.41. The van der Waals surface area contributed by atoms with Gasteiger partial charge in [-0.1, -0.05) is 15.9 Å². The van der Waals surface area contributed by atoms with E-state index in [9.17, 15) is 4.79 Å². The lowest BCUT2D eigenvalue weighted by molar-refractivity contribution is -0.113. The van der Waals surface area contributed by atoms with Gasteiger partial charge in [0.15, 0.2) is 5.78 Å². The zero-order valence-electron chi connectivity index (χ0n) is 6.11. The highest BCUT2D eigenvalue weighted by Gasteiger charge is 2.13. The highest BCUT2D eigenvalue weighted by atomic mass is 79.9. The van der Waals surface area contributed by atoms with Crippen LogP contribution < -0.4 is 0 Å². The summed E-state index contributed by atoms with van der Waals surface area (Å²) >= 11 is 3.41. The molecule has 0 atom stereocenters. The van der Waals surface area contributed by atoms with Crippen molar-refractivity contribution in [1.29, 1.82) is 0 Å². The lowest BCUT2D eigenvalue weighted by Crippen LogP contribution is -2.03. The fourth-order valence-electron chi connectivity index (χ4n) is 1.24. The molecule has 1 aliphatic rings. The molecule has 1 nitrogen and oxygen atoms in total. The lowest BCUT2D eigenvalue weighted by atomic mass is 9.97. The van der Waals surface area contributed by atoms with Crippen LogP contribution in [0.2, 0.25) is 0 Å². The maximum absolute atomic E-state index is 10.9. The first-order valence-electron chi connectivity index (χ1n) is 3.60. The van der Waals surface area contributed by atoms with Crippen LogP contribution >= 0.6 is 15.9 Å². The van der Waals surface area contributed by atoms with E-state index in [-0.39, 0.29) is 5.78 Å². The Bertz CT molecular complexity index is 182. The molecule has 0 bridgehead atoms. The monoisotopic (exact) mass is 202 g/mol. The molecule has 0 unspecified atom stereocenters. The van der Waals surface area contributed by atoms with E-state index in [1.54, 1.807) is 6.92 Å². The maximum Gasteiger partial charge on any atom is 0.156 e. The van der Waals surface area contributed by atoms with Gasteiger partial charge in [-0.3, -0.25) is 4.79 Å². The topological polar surface area (TPSA) is 17.1 Å². The second-order valence-corrected chi connectivity index (χ2v) is 3.60. The zero-order chi connectivity index (χ0) is 7.56. The van der Waals surface area contributed by atoms with Crippen molar-refractivity contribution >= 4 is 21.7 Å². The van der Waals surface area contributed by atoms with E-state index in [1.807, 2.05) is 0 Å². The molecule has 0 aliphatic heterocycles. The first-order chi connectivity index (χ1) is 4.72. The van der Waals surface area contributed by atoms with Gasteiger partial charge < -0.3 is 0 Å². The van der Waals surface area contributed by atoms with E-state index in [0.29, 0.717) is 0 Å². The minimum atomic E-state index is 0.228. The Morgan fingerprint density at radius 3 is 2.40 bits per heavy atom. The van der Waals surface area contributed by atoms with Crippen LogP contribution in [0, 0.1) is 0 Å². The van der Waals surface area contributed by atoms with Crippen LogP contribution in [0.5, 0.6) is 0 Å². The summed E-state index contributed by atoms with van der Waals surface area (Å²) in [4.78, 5) is 10.9. The molecule has 0 saturated heterocycles. The smallest absolute Gasteiger partial charge is 0.156 e. The SMILES string of the molecule is CC(=O)C1=C(Br)CCCC1. The first-order valence-corrected chi connectivity index (χ1v) is 4.39. The number of hydrogen-bond acceptors (Lipinski definition) is 1. The predicted molar refractivity (Wildman–Crippen MR) is 45.1 cm³/mol. The number of halogens is 1. The van der Waals surface area contributed by atoms with Crippen LogP contribution in [0.4, 0.5) is 0 Å². The van der Waals surface area contributed by atoms with Gasteiger partial charge in [0.25, 0.3) is 0 Å². The number of Topliss-reactive ketones (excluding diaryl/α,β-unsaturated/α-hetero) is 1. The van der Waals surface area contributed by atoms with Gasteiger partial charge in [-0.15, -0.1) is 0 Å². The molecule has 0 fully saturated rings. The molecular weight excluding hydrogens is 192 g/mol. The van der Waals surface area contributed by atoms with Crippen molar-refractivity contribution in [2.45, 2.75) is 32.6 Å². The molecule has 0 amide bonds. The highest BCUT2D eigenvalue weighted by molar-refractivity contribution is 9.11. The van der Waals surface area contributed by atoms with E-state index < -0.39 is 0 Å². The van der Waals surface area contributed by atoms with Crippen molar-refractivity contribution in [3.63, 3.8) is 0 Å². The summed E-state index contributed by atoms with van der Waals surface area (Å²) < 4.78 is 1.13. The standard InChI is InChI=1S/C8H11BrO/c1-6(10)7-4-2-3-5-8(7)9/h2-5H2,1H3.